The summed E-state index contributed by atoms with van der Waals surface area (Å²) in [6.45, 7) is 4.28. The molecule has 1 heterocycles. The van der Waals surface area contributed by atoms with Gasteiger partial charge in [0.15, 0.2) is 0 Å². The molecule has 0 saturated heterocycles. The quantitative estimate of drug-likeness (QED) is 0.644. The van der Waals surface area contributed by atoms with Crippen LogP contribution in [0.15, 0.2) is 41.7 Å². The first kappa shape index (κ1) is 19.6. The number of sulfone groups is 1. The van der Waals surface area contributed by atoms with E-state index in [2.05, 4.69) is 22.0 Å². The van der Waals surface area contributed by atoms with Crippen LogP contribution in [0.1, 0.15) is 18.2 Å². The van der Waals surface area contributed by atoms with Crippen molar-refractivity contribution in [3.63, 3.8) is 0 Å². The van der Waals surface area contributed by atoms with Crippen molar-refractivity contribution in [3.8, 4) is 0 Å². The predicted molar refractivity (Wildman–Crippen MR) is 98.3 cm³/mol. The highest BCUT2D eigenvalue weighted by Crippen LogP contribution is 2.16. The molecule has 0 unspecified atom stereocenters. The number of ether oxygens (including phenoxy) is 1. The van der Waals surface area contributed by atoms with Crippen molar-refractivity contribution in [1.29, 1.82) is 0 Å². The largest absolute Gasteiger partial charge is 0.383 e. The van der Waals surface area contributed by atoms with E-state index in [4.69, 9.17) is 4.74 Å². The second-order valence-electron chi connectivity index (χ2n) is 6.05. The van der Waals surface area contributed by atoms with E-state index >= 15 is 0 Å². The van der Waals surface area contributed by atoms with Gasteiger partial charge in [0, 0.05) is 26.7 Å². The molecular formula is C18H27N3O3S. The Labute approximate surface area is 150 Å². The summed E-state index contributed by atoms with van der Waals surface area (Å²) >= 11 is 0. The molecule has 0 N–H and O–H groups in total. The summed E-state index contributed by atoms with van der Waals surface area (Å²) in [4.78, 5) is 6.32. The maximum atomic E-state index is 12.4. The number of nitrogens with zero attached hydrogens (tertiary/aromatic N) is 3. The molecule has 0 fully saturated rings. The Morgan fingerprint density at radius 1 is 1.24 bits per heavy atom. The van der Waals surface area contributed by atoms with E-state index in [9.17, 15) is 8.42 Å². The van der Waals surface area contributed by atoms with Gasteiger partial charge < -0.3 is 9.30 Å². The van der Waals surface area contributed by atoms with Crippen LogP contribution in [0.3, 0.4) is 0 Å². The Kier molecular flexibility index (Phi) is 7.16. The SMILES string of the molecule is CCS(=O)(=O)c1ncc(CN(C)CCOC)n1CCc1ccccc1. The minimum Gasteiger partial charge on any atom is -0.383 e. The van der Waals surface area contributed by atoms with Crippen LogP contribution in [0.2, 0.25) is 0 Å². The zero-order chi connectivity index (χ0) is 18.3. The van der Waals surface area contributed by atoms with Crippen molar-refractivity contribution in [2.45, 2.75) is 31.6 Å². The van der Waals surface area contributed by atoms with Gasteiger partial charge >= 0.3 is 0 Å². The van der Waals surface area contributed by atoms with Gasteiger partial charge in [0.2, 0.25) is 15.0 Å². The number of rotatable bonds is 10. The molecule has 2 rings (SSSR count). The van der Waals surface area contributed by atoms with Crippen molar-refractivity contribution < 1.29 is 13.2 Å². The number of benzene rings is 1. The van der Waals surface area contributed by atoms with Gasteiger partial charge in [-0.15, -0.1) is 0 Å². The maximum absolute atomic E-state index is 12.4. The summed E-state index contributed by atoms with van der Waals surface area (Å²) < 4.78 is 31.7. The van der Waals surface area contributed by atoms with Gasteiger partial charge in [-0.1, -0.05) is 37.3 Å². The van der Waals surface area contributed by atoms with Gasteiger partial charge in [-0.3, -0.25) is 4.90 Å². The van der Waals surface area contributed by atoms with Gasteiger partial charge in [0.25, 0.3) is 0 Å². The molecule has 0 aliphatic heterocycles. The fraction of sp³-hybridized carbons (Fsp3) is 0.500. The Bertz CT molecular complexity index is 757. The van der Waals surface area contributed by atoms with E-state index in [-0.39, 0.29) is 10.9 Å². The molecule has 0 aliphatic carbocycles. The van der Waals surface area contributed by atoms with Gasteiger partial charge in [0.05, 0.1) is 24.3 Å². The van der Waals surface area contributed by atoms with Crippen LogP contribution < -0.4 is 0 Å². The summed E-state index contributed by atoms with van der Waals surface area (Å²) in [7, 11) is 0.302. The van der Waals surface area contributed by atoms with E-state index in [0.29, 0.717) is 19.7 Å². The number of hydrogen-bond acceptors (Lipinski definition) is 5. The molecule has 1 aromatic carbocycles. The first-order valence-electron chi connectivity index (χ1n) is 8.46. The summed E-state index contributed by atoms with van der Waals surface area (Å²) in [5, 5.41) is 0.168. The summed E-state index contributed by atoms with van der Waals surface area (Å²) in [6.07, 6.45) is 2.44. The lowest BCUT2D eigenvalue weighted by molar-refractivity contribution is 0.157. The highest BCUT2D eigenvalue weighted by molar-refractivity contribution is 7.91. The van der Waals surface area contributed by atoms with E-state index in [1.165, 1.54) is 5.56 Å². The highest BCUT2D eigenvalue weighted by atomic mass is 32.2. The predicted octanol–water partition coefficient (Wildman–Crippen LogP) is 2.00. The van der Waals surface area contributed by atoms with Crippen LogP contribution in [0.5, 0.6) is 0 Å². The van der Waals surface area contributed by atoms with E-state index in [1.807, 2.05) is 29.8 Å². The molecule has 25 heavy (non-hydrogen) atoms. The van der Waals surface area contributed by atoms with E-state index in [1.54, 1.807) is 20.2 Å². The van der Waals surface area contributed by atoms with Crippen LogP contribution in [0.4, 0.5) is 0 Å². The number of hydrogen-bond donors (Lipinski definition) is 0. The lowest BCUT2D eigenvalue weighted by Gasteiger charge is -2.18. The van der Waals surface area contributed by atoms with Crippen molar-refractivity contribution >= 4 is 9.84 Å². The average molecular weight is 365 g/mol. The number of imidazole rings is 1. The summed E-state index contributed by atoms with van der Waals surface area (Å²) in [6, 6.07) is 10.1. The third-order valence-electron chi connectivity index (χ3n) is 4.14. The van der Waals surface area contributed by atoms with Gasteiger partial charge in [0.1, 0.15) is 0 Å². The second kappa shape index (κ2) is 9.12. The van der Waals surface area contributed by atoms with Crippen molar-refractivity contribution in [3.05, 3.63) is 47.8 Å². The monoisotopic (exact) mass is 365 g/mol. The zero-order valence-corrected chi connectivity index (χ0v) is 16.0. The maximum Gasteiger partial charge on any atom is 0.227 e. The van der Waals surface area contributed by atoms with Crippen molar-refractivity contribution in [2.75, 3.05) is 33.1 Å². The topological polar surface area (TPSA) is 64.4 Å². The number of aryl methyl sites for hydroxylation is 1. The molecule has 138 valence electrons. The van der Waals surface area contributed by atoms with Crippen LogP contribution in [0.25, 0.3) is 0 Å². The Morgan fingerprint density at radius 2 is 1.96 bits per heavy atom. The molecule has 7 heteroatoms. The van der Waals surface area contributed by atoms with Crippen LogP contribution in [-0.4, -0.2) is 55.9 Å². The molecule has 0 saturated carbocycles. The number of likely N-dealkylation sites (N-methyl/N-ethyl adjacent to an activating group) is 1. The summed E-state index contributed by atoms with van der Waals surface area (Å²) in [5.74, 6) is 0.0499. The Balaban J connectivity index is 2.23. The summed E-state index contributed by atoms with van der Waals surface area (Å²) in [5.41, 5.74) is 2.08. The first-order valence-corrected chi connectivity index (χ1v) is 10.1. The van der Waals surface area contributed by atoms with Crippen molar-refractivity contribution in [2.24, 2.45) is 0 Å². The normalized spacial score (nSPS) is 12.0. The lowest BCUT2D eigenvalue weighted by Crippen LogP contribution is -2.25. The van der Waals surface area contributed by atoms with Crippen LogP contribution >= 0.6 is 0 Å². The molecule has 0 radical (unpaired) electrons. The van der Waals surface area contributed by atoms with Gasteiger partial charge in [-0.05, 0) is 19.0 Å². The van der Waals surface area contributed by atoms with Crippen LogP contribution in [0, 0.1) is 0 Å². The minimum atomic E-state index is -3.36. The smallest absolute Gasteiger partial charge is 0.227 e. The number of methoxy groups -OCH3 is 1. The fourth-order valence-corrected chi connectivity index (χ4v) is 3.64. The third-order valence-corrected chi connectivity index (χ3v) is 5.78. The first-order chi connectivity index (χ1) is 12.0. The van der Waals surface area contributed by atoms with Crippen molar-refractivity contribution in [1.82, 2.24) is 14.5 Å². The molecule has 0 bridgehead atoms. The average Bonchev–Trinajstić information content (AvgIpc) is 3.02. The third kappa shape index (κ3) is 5.39. The van der Waals surface area contributed by atoms with E-state index in [0.717, 1.165) is 18.7 Å². The Hall–Kier alpha value is -1.70. The molecule has 2 aromatic rings. The number of aromatic nitrogens is 2. The van der Waals surface area contributed by atoms with Gasteiger partial charge in [-0.25, -0.2) is 13.4 Å². The molecule has 1 aromatic heterocycles. The molecule has 0 spiro atoms. The molecule has 0 atom stereocenters. The molecule has 6 nitrogen and oxygen atoms in total. The highest BCUT2D eigenvalue weighted by Gasteiger charge is 2.22. The molecule has 0 aliphatic rings. The minimum absolute atomic E-state index is 0.0499. The standard InChI is InChI=1S/C18H27N3O3S/c1-4-25(22,23)18-19-14-17(15-20(2)12-13-24-3)21(18)11-10-16-8-6-5-7-9-16/h5-9,14H,4,10-13,15H2,1-3H3. The van der Waals surface area contributed by atoms with Gasteiger partial charge in [-0.2, -0.15) is 0 Å². The second-order valence-corrected chi connectivity index (χ2v) is 8.23. The Morgan fingerprint density at radius 3 is 2.60 bits per heavy atom. The molecular weight excluding hydrogens is 338 g/mol. The van der Waals surface area contributed by atoms with Crippen LogP contribution in [-0.2, 0) is 34.1 Å². The van der Waals surface area contributed by atoms with E-state index < -0.39 is 9.84 Å². The lowest BCUT2D eigenvalue weighted by atomic mass is 10.1. The molecule has 0 amide bonds. The zero-order valence-electron chi connectivity index (χ0n) is 15.2. The fourth-order valence-electron chi connectivity index (χ4n) is 2.62.